The van der Waals surface area contributed by atoms with Crippen LogP contribution in [0.5, 0.6) is 0 Å². The van der Waals surface area contributed by atoms with Gasteiger partial charge in [0.15, 0.2) is 0 Å². The summed E-state index contributed by atoms with van der Waals surface area (Å²) in [5.74, 6) is 0. The second-order valence-electron chi connectivity index (χ2n) is 4.85. The largest absolute Gasteiger partial charge is 1.00 e. The molecule has 3 heteroatoms. The zero-order valence-corrected chi connectivity index (χ0v) is 10.3. The van der Waals surface area contributed by atoms with Gasteiger partial charge >= 0.3 is 18.9 Å². The minimum Gasteiger partial charge on any atom is -0.342 e. The summed E-state index contributed by atoms with van der Waals surface area (Å²) in [5.41, 5.74) is 0.344. The van der Waals surface area contributed by atoms with Crippen molar-refractivity contribution < 1.29 is 18.9 Å². The summed E-state index contributed by atoms with van der Waals surface area (Å²) in [6, 6.07) is 0. The molecule has 1 heterocycles. The van der Waals surface area contributed by atoms with Crippen molar-refractivity contribution in [1.29, 1.82) is 0 Å². The Morgan fingerprint density at radius 1 is 1.07 bits per heavy atom. The number of rotatable bonds is 2. The van der Waals surface area contributed by atoms with Gasteiger partial charge in [0.25, 0.3) is 0 Å². The number of hydrogen-bond acceptors (Lipinski definition) is 2. The quantitative estimate of drug-likeness (QED) is 0.391. The van der Waals surface area contributed by atoms with Crippen molar-refractivity contribution in [2.24, 2.45) is 0 Å². The molecule has 0 spiro atoms. The number of hydrogen-bond donors (Lipinski definition) is 0. The van der Waals surface area contributed by atoms with E-state index in [9.17, 15) is 0 Å². The van der Waals surface area contributed by atoms with Gasteiger partial charge in [-0.05, 0) is 27.3 Å². The molecule has 0 unspecified atom stereocenters. The van der Waals surface area contributed by atoms with Crippen LogP contribution in [0.1, 0.15) is 27.2 Å². The molecule has 0 aromatic carbocycles. The summed E-state index contributed by atoms with van der Waals surface area (Å²) in [6.45, 7) is 16.8. The Labute approximate surface area is 101 Å². The molecular formula is C11H23LiN2. The van der Waals surface area contributed by atoms with E-state index in [2.05, 4.69) is 37.5 Å². The smallest absolute Gasteiger partial charge is 0.342 e. The molecule has 78 valence electrons. The Morgan fingerprint density at radius 3 is 1.93 bits per heavy atom. The van der Waals surface area contributed by atoms with Crippen molar-refractivity contribution in [1.82, 2.24) is 9.80 Å². The fraction of sp³-hybridized carbons (Fsp3) is 0.909. The molecule has 0 aliphatic carbocycles. The van der Waals surface area contributed by atoms with Gasteiger partial charge in [0.1, 0.15) is 0 Å². The van der Waals surface area contributed by atoms with Gasteiger partial charge in [-0.1, -0.05) is 0 Å². The van der Waals surface area contributed by atoms with Crippen LogP contribution in [0.3, 0.4) is 0 Å². The van der Waals surface area contributed by atoms with E-state index in [4.69, 9.17) is 0 Å². The summed E-state index contributed by atoms with van der Waals surface area (Å²) in [6.07, 6.45) is 1.04. The van der Waals surface area contributed by atoms with Gasteiger partial charge in [0.05, 0.1) is 0 Å². The Balaban J connectivity index is 0.00000169. The molecule has 0 atom stereocenters. The SMILES string of the molecule is [CH2-]CCN1CCN(C(C)(C)C)CC1.[Li+]. The molecule has 2 nitrogen and oxygen atoms in total. The predicted octanol–water partition coefficient (Wildman–Crippen LogP) is -1.37. The molecule has 0 radical (unpaired) electrons. The van der Waals surface area contributed by atoms with Crippen molar-refractivity contribution in [2.75, 3.05) is 32.7 Å². The van der Waals surface area contributed by atoms with Crippen LogP contribution in [0.15, 0.2) is 0 Å². The predicted molar refractivity (Wildman–Crippen MR) is 57.7 cm³/mol. The minimum atomic E-state index is 0. The maximum atomic E-state index is 3.89. The molecule has 1 rings (SSSR count). The zero-order valence-electron chi connectivity index (χ0n) is 10.3. The van der Waals surface area contributed by atoms with E-state index in [1.54, 1.807) is 0 Å². The first kappa shape index (κ1) is 14.5. The summed E-state index contributed by atoms with van der Waals surface area (Å²) in [4.78, 5) is 5.07. The van der Waals surface area contributed by atoms with Crippen LogP contribution in [0.4, 0.5) is 0 Å². The molecule has 14 heavy (non-hydrogen) atoms. The third-order valence-corrected chi connectivity index (χ3v) is 2.80. The van der Waals surface area contributed by atoms with Crippen LogP contribution in [0, 0.1) is 6.92 Å². The summed E-state index contributed by atoms with van der Waals surface area (Å²) in [7, 11) is 0. The molecule has 1 aliphatic heterocycles. The van der Waals surface area contributed by atoms with Crippen LogP contribution in [-0.2, 0) is 0 Å². The average Bonchev–Trinajstić information content (AvgIpc) is 2.04. The van der Waals surface area contributed by atoms with Crippen molar-refractivity contribution in [3.05, 3.63) is 6.92 Å². The fourth-order valence-corrected chi connectivity index (χ4v) is 1.87. The second kappa shape index (κ2) is 6.18. The van der Waals surface area contributed by atoms with Crippen LogP contribution in [0.25, 0.3) is 0 Å². The van der Waals surface area contributed by atoms with Gasteiger partial charge < -0.3 is 11.8 Å². The summed E-state index contributed by atoms with van der Waals surface area (Å²) >= 11 is 0. The van der Waals surface area contributed by atoms with Gasteiger partial charge in [-0.25, -0.2) is 0 Å². The minimum absolute atomic E-state index is 0. The van der Waals surface area contributed by atoms with Crippen molar-refractivity contribution >= 4 is 0 Å². The average molecular weight is 190 g/mol. The Kier molecular flexibility index (Phi) is 6.41. The van der Waals surface area contributed by atoms with Crippen molar-refractivity contribution in [3.8, 4) is 0 Å². The van der Waals surface area contributed by atoms with Crippen LogP contribution < -0.4 is 18.9 Å². The Morgan fingerprint density at radius 2 is 1.57 bits per heavy atom. The second-order valence-corrected chi connectivity index (χ2v) is 4.85. The van der Waals surface area contributed by atoms with Gasteiger partial charge in [-0.2, -0.15) is 6.42 Å². The molecule has 0 bridgehead atoms. The third kappa shape index (κ3) is 4.36. The Hall–Kier alpha value is 0.517. The normalized spacial score (nSPS) is 20.6. The van der Waals surface area contributed by atoms with E-state index in [-0.39, 0.29) is 18.9 Å². The van der Waals surface area contributed by atoms with Gasteiger partial charge in [-0.3, -0.25) is 4.90 Å². The van der Waals surface area contributed by atoms with Gasteiger partial charge in [0, 0.05) is 31.7 Å². The van der Waals surface area contributed by atoms with Gasteiger partial charge in [0.2, 0.25) is 0 Å². The molecule has 0 aromatic heterocycles. The number of nitrogens with zero attached hydrogens (tertiary/aromatic N) is 2. The zero-order chi connectivity index (χ0) is 9.90. The van der Waals surface area contributed by atoms with Crippen LogP contribution in [0.2, 0.25) is 0 Å². The molecule has 1 aliphatic rings. The van der Waals surface area contributed by atoms with Gasteiger partial charge in [-0.15, -0.1) is 0 Å². The third-order valence-electron chi connectivity index (χ3n) is 2.80. The van der Waals surface area contributed by atoms with E-state index < -0.39 is 0 Å². The molecule has 0 N–H and O–H groups in total. The van der Waals surface area contributed by atoms with Crippen molar-refractivity contribution in [2.45, 2.75) is 32.7 Å². The molecule has 0 saturated carbocycles. The monoisotopic (exact) mass is 190 g/mol. The number of piperazine rings is 1. The fourth-order valence-electron chi connectivity index (χ4n) is 1.87. The molecule has 0 amide bonds. The maximum Gasteiger partial charge on any atom is 1.00 e. The van der Waals surface area contributed by atoms with Crippen LogP contribution in [-0.4, -0.2) is 48.1 Å². The first-order chi connectivity index (χ1) is 6.04. The van der Waals surface area contributed by atoms with E-state index in [0.717, 1.165) is 13.0 Å². The Bertz CT molecular complexity index is 146. The molecule has 1 fully saturated rings. The molecular weight excluding hydrogens is 167 g/mol. The van der Waals surface area contributed by atoms with E-state index >= 15 is 0 Å². The van der Waals surface area contributed by atoms with Crippen LogP contribution >= 0.6 is 0 Å². The first-order valence-electron chi connectivity index (χ1n) is 5.30. The van der Waals surface area contributed by atoms with E-state index in [1.807, 2.05) is 0 Å². The van der Waals surface area contributed by atoms with E-state index in [0.29, 0.717) is 5.54 Å². The summed E-state index contributed by atoms with van der Waals surface area (Å²) in [5, 5.41) is 0. The summed E-state index contributed by atoms with van der Waals surface area (Å²) < 4.78 is 0. The van der Waals surface area contributed by atoms with E-state index in [1.165, 1.54) is 26.2 Å². The maximum absolute atomic E-state index is 3.89. The van der Waals surface area contributed by atoms with Crippen molar-refractivity contribution in [3.63, 3.8) is 0 Å². The topological polar surface area (TPSA) is 6.48 Å². The molecule has 1 saturated heterocycles. The first-order valence-corrected chi connectivity index (χ1v) is 5.30. The standard InChI is InChI=1S/C11H23N2.Li/c1-5-6-12-7-9-13(10-8-12)11(2,3)4;/h1,5-10H2,2-4H3;/q-1;+1. The molecule has 0 aromatic rings.